The molecule has 1 N–H and O–H groups in total. The summed E-state index contributed by atoms with van der Waals surface area (Å²) in [4.78, 5) is 11.8. The molecule has 0 atom stereocenters. The third-order valence-corrected chi connectivity index (χ3v) is 3.51. The van der Waals surface area contributed by atoms with Crippen LogP contribution in [0.1, 0.15) is 31.2 Å². The normalized spacial score (nSPS) is 22.5. The highest BCUT2D eigenvalue weighted by atomic mass is 16.2. The molecule has 2 heteroatoms. The summed E-state index contributed by atoms with van der Waals surface area (Å²) in [5, 5.41) is 2.91. The quantitative estimate of drug-likeness (QED) is 0.713. The maximum atomic E-state index is 11.8. The van der Waals surface area contributed by atoms with Crippen LogP contribution in [-0.4, -0.2) is 5.91 Å². The first-order valence-corrected chi connectivity index (χ1v) is 5.97. The van der Waals surface area contributed by atoms with Gasteiger partial charge in [-0.2, -0.15) is 0 Å². The minimum atomic E-state index is 0.0631. The lowest BCUT2D eigenvalue weighted by molar-refractivity contribution is -0.110. The summed E-state index contributed by atoms with van der Waals surface area (Å²) in [7, 11) is 0. The largest absolute Gasteiger partial charge is 0.321 e. The number of rotatable bonds is 1. The molecule has 0 radical (unpaired) electrons. The van der Waals surface area contributed by atoms with Crippen molar-refractivity contribution < 1.29 is 4.79 Å². The van der Waals surface area contributed by atoms with Crippen molar-refractivity contribution in [2.75, 3.05) is 5.32 Å². The lowest BCUT2D eigenvalue weighted by Crippen LogP contribution is -2.05. The Kier molecular flexibility index (Phi) is 2.28. The van der Waals surface area contributed by atoms with Crippen LogP contribution < -0.4 is 5.32 Å². The van der Waals surface area contributed by atoms with Crippen molar-refractivity contribution in [2.24, 2.45) is 5.92 Å². The highest BCUT2D eigenvalue weighted by molar-refractivity contribution is 6.31. The van der Waals surface area contributed by atoms with Crippen LogP contribution in [0.3, 0.4) is 0 Å². The van der Waals surface area contributed by atoms with Gasteiger partial charge in [-0.05, 0) is 24.8 Å². The molecular weight excluding hydrogens is 198 g/mol. The zero-order valence-corrected chi connectivity index (χ0v) is 9.20. The molecular formula is C14H15NO. The molecule has 82 valence electrons. The third-order valence-electron chi connectivity index (χ3n) is 3.51. The van der Waals surface area contributed by atoms with E-state index in [1.807, 2.05) is 24.3 Å². The van der Waals surface area contributed by atoms with Crippen LogP contribution in [0.5, 0.6) is 0 Å². The highest BCUT2D eigenvalue weighted by Crippen LogP contribution is 2.35. The first-order valence-electron chi connectivity index (χ1n) is 5.97. The van der Waals surface area contributed by atoms with Gasteiger partial charge in [-0.25, -0.2) is 0 Å². The Bertz CT molecular complexity index is 456. The SMILES string of the molecule is O=C1Nc2ccccc2/C1=C\C1CCCC1. The molecule has 0 saturated heterocycles. The number of fused-ring (bicyclic) bond motifs is 1. The van der Waals surface area contributed by atoms with Crippen LogP contribution in [0.25, 0.3) is 5.57 Å². The summed E-state index contributed by atoms with van der Waals surface area (Å²) >= 11 is 0. The fraction of sp³-hybridized carbons (Fsp3) is 0.357. The number of anilines is 1. The zero-order valence-electron chi connectivity index (χ0n) is 9.20. The van der Waals surface area contributed by atoms with E-state index in [1.165, 1.54) is 25.7 Å². The fourth-order valence-corrected chi connectivity index (χ4v) is 2.66. The van der Waals surface area contributed by atoms with E-state index in [2.05, 4.69) is 11.4 Å². The zero-order chi connectivity index (χ0) is 11.0. The molecule has 1 amide bonds. The summed E-state index contributed by atoms with van der Waals surface area (Å²) in [6.07, 6.45) is 7.25. The van der Waals surface area contributed by atoms with Gasteiger partial charge in [-0.15, -0.1) is 0 Å². The molecule has 2 nitrogen and oxygen atoms in total. The Hall–Kier alpha value is -1.57. The summed E-state index contributed by atoms with van der Waals surface area (Å²) < 4.78 is 0. The number of benzene rings is 1. The van der Waals surface area contributed by atoms with Gasteiger partial charge < -0.3 is 5.32 Å². The van der Waals surface area contributed by atoms with Crippen molar-refractivity contribution in [3.05, 3.63) is 35.9 Å². The van der Waals surface area contributed by atoms with Gasteiger partial charge in [0.25, 0.3) is 5.91 Å². The van der Waals surface area contributed by atoms with Crippen LogP contribution in [0, 0.1) is 5.92 Å². The van der Waals surface area contributed by atoms with Gasteiger partial charge in [0.2, 0.25) is 0 Å². The molecule has 1 aliphatic heterocycles. The van der Waals surface area contributed by atoms with Crippen molar-refractivity contribution >= 4 is 17.2 Å². The minimum Gasteiger partial charge on any atom is -0.321 e. The Balaban J connectivity index is 1.98. The number of amides is 1. The number of carbonyl (C=O) groups excluding carboxylic acids is 1. The molecule has 3 rings (SSSR count). The van der Waals surface area contributed by atoms with E-state index in [9.17, 15) is 4.79 Å². The number of para-hydroxylation sites is 1. The number of hydrogen-bond acceptors (Lipinski definition) is 1. The molecule has 0 spiro atoms. The topological polar surface area (TPSA) is 29.1 Å². The highest BCUT2D eigenvalue weighted by Gasteiger charge is 2.25. The summed E-state index contributed by atoms with van der Waals surface area (Å²) in [5.74, 6) is 0.667. The Labute approximate surface area is 95.4 Å². The Morgan fingerprint density at radius 1 is 1.19 bits per heavy atom. The monoisotopic (exact) mass is 213 g/mol. The van der Waals surface area contributed by atoms with Crippen LogP contribution in [0.2, 0.25) is 0 Å². The van der Waals surface area contributed by atoms with Gasteiger partial charge in [0.15, 0.2) is 0 Å². The van der Waals surface area contributed by atoms with Crippen LogP contribution in [0.15, 0.2) is 30.3 Å². The second-order valence-corrected chi connectivity index (χ2v) is 4.62. The van der Waals surface area contributed by atoms with Crippen molar-refractivity contribution in [3.8, 4) is 0 Å². The molecule has 1 saturated carbocycles. The number of hydrogen-bond donors (Lipinski definition) is 1. The second-order valence-electron chi connectivity index (χ2n) is 4.62. The van der Waals surface area contributed by atoms with E-state index < -0.39 is 0 Å². The third kappa shape index (κ3) is 1.54. The van der Waals surface area contributed by atoms with Crippen molar-refractivity contribution in [2.45, 2.75) is 25.7 Å². The fourth-order valence-electron chi connectivity index (χ4n) is 2.66. The van der Waals surface area contributed by atoms with Gasteiger partial charge in [-0.1, -0.05) is 37.1 Å². The summed E-state index contributed by atoms with van der Waals surface area (Å²) in [5.41, 5.74) is 2.90. The van der Waals surface area contributed by atoms with Crippen LogP contribution in [0.4, 0.5) is 5.69 Å². The first kappa shape index (κ1) is 9.64. The van der Waals surface area contributed by atoms with Gasteiger partial charge in [0.1, 0.15) is 0 Å². The molecule has 0 bridgehead atoms. The standard InChI is InChI=1S/C14H15NO/c16-14-12(9-10-5-1-2-6-10)11-7-3-4-8-13(11)15-14/h3-4,7-10H,1-2,5-6H2,(H,15,16)/b12-9+. The molecule has 0 unspecified atom stereocenters. The van der Waals surface area contributed by atoms with E-state index in [-0.39, 0.29) is 5.91 Å². The second kappa shape index (κ2) is 3.78. The molecule has 1 aromatic carbocycles. The van der Waals surface area contributed by atoms with Gasteiger partial charge in [-0.3, -0.25) is 4.79 Å². The average molecular weight is 213 g/mol. The summed E-state index contributed by atoms with van der Waals surface area (Å²) in [6.45, 7) is 0. The van der Waals surface area contributed by atoms with Crippen molar-refractivity contribution in [3.63, 3.8) is 0 Å². The van der Waals surface area contributed by atoms with Crippen molar-refractivity contribution in [1.29, 1.82) is 0 Å². The van der Waals surface area contributed by atoms with Gasteiger partial charge >= 0.3 is 0 Å². The van der Waals surface area contributed by atoms with E-state index >= 15 is 0 Å². The Morgan fingerprint density at radius 3 is 2.75 bits per heavy atom. The molecule has 0 aromatic heterocycles. The molecule has 1 aliphatic carbocycles. The molecule has 2 aliphatic rings. The first-order chi connectivity index (χ1) is 7.84. The molecule has 1 aromatic rings. The smallest absolute Gasteiger partial charge is 0.256 e. The van der Waals surface area contributed by atoms with Crippen LogP contribution >= 0.6 is 0 Å². The predicted molar refractivity (Wildman–Crippen MR) is 65.0 cm³/mol. The lowest BCUT2D eigenvalue weighted by Gasteiger charge is -2.03. The van der Waals surface area contributed by atoms with E-state index in [0.717, 1.165) is 16.8 Å². The maximum Gasteiger partial charge on any atom is 0.256 e. The van der Waals surface area contributed by atoms with E-state index in [4.69, 9.17) is 0 Å². The Morgan fingerprint density at radius 2 is 1.94 bits per heavy atom. The van der Waals surface area contributed by atoms with Crippen LogP contribution in [-0.2, 0) is 4.79 Å². The van der Waals surface area contributed by atoms with E-state index in [1.54, 1.807) is 0 Å². The van der Waals surface area contributed by atoms with Gasteiger partial charge in [0.05, 0.1) is 0 Å². The number of nitrogens with one attached hydrogen (secondary N) is 1. The molecule has 1 fully saturated rings. The number of allylic oxidation sites excluding steroid dienone is 1. The van der Waals surface area contributed by atoms with Gasteiger partial charge in [0, 0.05) is 16.8 Å². The molecule has 16 heavy (non-hydrogen) atoms. The maximum absolute atomic E-state index is 11.8. The lowest BCUT2D eigenvalue weighted by atomic mass is 10.00. The number of carbonyl (C=O) groups is 1. The van der Waals surface area contributed by atoms with Crippen molar-refractivity contribution in [1.82, 2.24) is 0 Å². The molecule has 1 heterocycles. The minimum absolute atomic E-state index is 0.0631. The summed E-state index contributed by atoms with van der Waals surface area (Å²) in [6, 6.07) is 7.93. The average Bonchev–Trinajstić information content (AvgIpc) is 2.89. The predicted octanol–water partition coefficient (Wildman–Crippen LogP) is 3.21. The van der Waals surface area contributed by atoms with E-state index in [0.29, 0.717) is 5.92 Å².